The molecule has 0 heterocycles. The maximum atomic E-state index is 14.6. The lowest BCUT2D eigenvalue weighted by molar-refractivity contribution is 0.173. The topological polar surface area (TPSA) is 38.7 Å². The quantitative estimate of drug-likeness (QED) is 0.263. The Labute approximate surface area is 199 Å². The molecule has 7 heteroatoms. The fourth-order valence-electron chi connectivity index (χ4n) is 4.54. The lowest BCUT2D eigenvalue weighted by Crippen LogP contribution is -2.20. The maximum Gasteiger partial charge on any atom is 0.204 e. The van der Waals surface area contributed by atoms with E-state index in [1.165, 1.54) is 24.6 Å². The molecule has 34 heavy (non-hydrogen) atoms. The Bertz CT molecular complexity index is 956. The maximum absolute atomic E-state index is 14.6. The number of halogens is 4. The van der Waals surface area contributed by atoms with Gasteiger partial charge in [0, 0.05) is 12.0 Å². The first-order chi connectivity index (χ1) is 16.3. The van der Waals surface area contributed by atoms with Crippen LogP contribution in [-0.4, -0.2) is 18.3 Å². The number of hydrogen-bond donors (Lipinski definition) is 1. The molecule has 2 aromatic carbocycles. The molecule has 0 amide bonds. The second kappa shape index (κ2) is 12.3. The SMILES string of the molecule is CCCCOc1ccc(Cc2cc(OCC3CCC(CCC)CC3)c(F)c(F)c2O)c(F)c1F. The molecule has 1 fully saturated rings. The van der Waals surface area contributed by atoms with Crippen molar-refractivity contribution < 1.29 is 32.1 Å². The number of ether oxygens (including phenoxy) is 2. The number of phenols is 1. The van der Waals surface area contributed by atoms with Crippen molar-refractivity contribution in [1.82, 2.24) is 0 Å². The minimum Gasteiger partial charge on any atom is -0.505 e. The molecule has 1 N–H and O–H groups in total. The summed E-state index contributed by atoms with van der Waals surface area (Å²) in [4.78, 5) is 0. The average Bonchev–Trinajstić information content (AvgIpc) is 2.84. The number of aromatic hydroxyl groups is 1. The molecule has 0 bridgehead atoms. The molecule has 0 aromatic heterocycles. The van der Waals surface area contributed by atoms with E-state index in [0.717, 1.165) is 44.4 Å². The zero-order valence-corrected chi connectivity index (χ0v) is 19.9. The van der Waals surface area contributed by atoms with Gasteiger partial charge in [0.15, 0.2) is 23.1 Å². The highest BCUT2D eigenvalue weighted by Gasteiger charge is 2.24. The van der Waals surface area contributed by atoms with Gasteiger partial charge in [0.25, 0.3) is 0 Å². The van der Waals surface area contributed by atoms with Gasteiger partial charge < -0.3 is 14.6 Å². The van der Waals surface area contributed by atoms with Gasteiger partial charge in [0.2, 0.25) is 17.5 Å². The number of unbranched alkanes of at least 4 members (excludes halogenated alkanes) is 1. The van der Waals surface area contributed by atoms with E-state index in [4.69, 9.17) is 9.47 Å². The van der Waals surface area contributed by atoms with Crippen molar-refractivity contribution in [3.63, 3.8) is 0 Å². The summed E-state index contributed by atoms with van der Waals surface area (Å²) >= 11 is 0. The summed E-state index contributed by atoms with van der Waals surface area (Å²) < 4.78 is 68.7. The molecule has 1 aliphatic rings. The number of rotatable bonds is 11. The molecule has 3 nitrogen and oxygen atoms in total. The predicted octanol–water partition coefficient (Wildman–Crippen LogP) is 7.70. The molecule has 0 saturated heterocycles. The van der Waals surface area contributed by atoms with E-state index < -0.39 is 29.0 Å². The summed E-state index contributed by atoms with van der Waals surface area (Å²) in [5, 5.41) is 10.1. The van der Waals surface area contributed by atoms with Crippen molar-refractivity contribution in [1.29, 1.82) is 0 Å². The first kappa shape index (κ1) is 26.2. The van der Waals surface area contributed by atoms with Crippen molar-refractivity contribution in [2.24, 2.45) is 11.8 Å². The van der Waals surface area contributed by atoms with E-state index in [0.29, 0.717) is 6.42 Å². The van der Waals surface area contributed by atoms with Gasteiger partial charge in [0.05, 0.1) is 13.2 Å². The molecule has 0 unspecified atom stereocenters. The third-order valence-corrected chi connectivity index (χ3v) is 6.63. The van der Waals surface area contributed by atoms with Crippen LogP contribution >= 0.6 is 0 Å². The van der Waals surface area contributed by atoms with Crippen LogP contribution in [0, 0.1) is 35.1 Å². The van der Waals surface area contributed by atoms with Gasteiger partial charge in [-0.05, 0) is 48.8 Å². The standard InChI is InChI=1S/C27H34F4O3/c1-3-5-13-33-21-12-11-19(23(28)24(21)29)14-20-15-22(25(30)26(31)27(20)32)34-16-18-9-7-17(6-4-2)8-10-18/h11-12,15,17-18,32H,3-10,13-14,16H2,1-2H3. The number of phenolic OH excluding ortho intramolecular Hbond substituents is 1. The summed E-state index contributed by atoms with van der Waals surface area (Å²) in [5.41, 5.74) is -0.194. The highest BCUT2D eigenvalue weighted by molar-refractivity contribution is 5.45. The van der Waals surface area contributed by atoms with Gasteiger partial charge in [-0.3, -0.25) is 0 Å². The van der Waals surface area contributed by atoms with Crippen LogP contribution in [0.5, 0.6) is 17.2 Å². The number of hydrogen-bond acceptors (Lipinski definition) is 3. The van der Waals surface area contributed by atoms with Crippen LogP contribution in [-0.2, 0) is 6.42 Å². The van der Waals surface area contributed by atoms with Crippen molar-refractivity contribution in [3.8, 4) is 17.2 Å². The number of benzene rings is 2. The Kier molecular flexibility index (Phi) is 9.48. The van der Waals surface area contributed by atoms with E-state index in [1.807, 2.05) is 6.92 Å². The smallest absolute Gasteiger partial charge is 0.204 e. The van der Waals surface area contributed by atoms with Gasteiger partial charge in [-0.1, -0.05) is 52.0 Å². The highest BCUT2D eigenvalue weighted by Crippen LogP contribution is 2.36. The Hall–Kier alpha value is -2.44. The lowest BCUT2D eigenvalue weighted by atomic mass is 9.80. The Morgan fingerprint density at radius 3 is 2.15 bits per heavy atom. The van der Waals surface area contributed by atoms with Crippen LogP contribution in [0.3, 0.4) is 0 Å². The van der Waals surface area contributed by atoms with E-state index in [9.17, 15) is 22.7 Å². The molecule has 0 aliphatic heterocycles. The molecule has 0 radical (unpaired) electrons. The Morgan fingerprint density at radius 2 is 1.47 bits per heavy atom. The molecular formula is C27H34F4O3. The van der Waals surface area contributed by atoms with Gasteiger partial charge >= 0.3 is 0 Å². The van der Waals surface area contributed by atoms with Crippen molar-refractivity contribution in [2.75, 3.05) is 13.2 Å². The Morgan fingerprint density at radius 1 is 0.794 bits per heavy atom. The summed E-state index contributed by atoms with van der Waals surface area (Å²) in [7, 11) is 0. The van der Waals surface area contributed by atoms with E-state index in [1.54, 1.807) is 0 Å². The minimum absolute atomic E-state index is 0.0847. The summed E-state index contributed by atoms with van der Waals surface area (Å²) in [5.74, 6) is -5.55. The first-order valence-corrected chi connectivity index (χ1v) is 12.3. The van der Waals surface area contributed by atoms with Gasteiger partial charge in [0.1, 0.15) is 0 Å². The molecule has 188 valence electrons. The van der Waals surface area contributed by atoms with Crippen LogP contribution in [0.15, 0.2) is 18.2 Å². The van der Waals surface area contributed by atoms with Crippen LogP contribution < -0.4 is 9.47 Å². The summed E-state index contributed by atoms with van der Waals surface area (Å²) in [6.07, 6.45) is 7.72. The van der Waals surface area contributed by atoms with Crippen LogP contribution in [0.25, 0.3) is 0 Å². The van der Waals surface area contributed by atoms with Gasteiger partial charge in [-0.15, -0.1) is 0 Å². The van der Waals surface area contributed by atoms with Crippen molar-refractivity contribution >= 4 is 0 Å². The van der Waals surface area contributed by atoms with Crippen molar-refractivity contribution in [3.05, 3.63) is 52.6 Å². The minimum atomic E-state index is -1.46. The Balaban J connectivity index is 1.71. The first-order valence-electron chi connectivity index (χ1n) is 12.3. The summed E-state index contributed by atoms with van der Waals surface area (Å²) in [6.45, 7) is 4.63. The van der Waals surface area contributed by atoms with Gasteiger partial charge in [-0.2, -0.15) is 13.2 Å². The zero-order chi connectivity index (χ0) is 24.7. The van der Waals surface area contributed by atoms with Crippen LogP contribution in [0.4, 0.5) is 17.6 Å². The second-order valence-corrected chi connectivity index (χ2v) is 9.23. The van der Waals surface area contributed by atoms with E-state index in [2.05, 4.69) is 6.92 Å². The van der Waals surface area contributed by atoms with Crippen LogP contribution in [0.2, 0.25) is 0 Å². The molecule has 0 atom stereocenters. The normalized spacial score (nSPS) is 18.2. The highest BCUT2D eigenvalue weighted by atomic mass is 19.2. The van der Waals surface area contributed by atoms with E-state index >= 15 is 0 Å². The third kappa shape index (κ3) is 6.36. The molecule has 1 saturated carbocycles. The molecular weight excluding hydrogens is 448 g/mol. The van der Waals surface area contributed by atoms with E-state index in [-0.39, 0.29) is 48.2 Å². The fraction of sp³-hybridized carbons (Fsp3) is 0.556. The third-order valence-electron chi connectivity index (χ3n) is 6.63. The summed E-state index contributed by atoms with van der Waals surface area (Å²) in [6, 6.07) is 3.78. The zero-order valence-electron chi connectivity index (χ0n) is 19.9. The molecule has 2 aromatic rings. The average molecular weight is 483 g/mol. The fourth-order valence-corrected chi connectivity index (χ4v) is 4.54. The van der Waals surface area contributed by atoms with Crippen LogP contribution in [0.1, 0.15) is 76.3 Å². The monoisotopic (exact) mass is 482 g/mol. The molecule has 0 spiro atoms. The second-order valence-electron chi connectivity index (χ2n) is 9.23. The molecule has 1 aliphatic carbocycles. The largest absolute Gasteiger partial charge is 0.505 e. The lowest BCUT2D eigenvalue weighted by Gasteiger charge is -2.28. The van der Waals surface area contributed by atoms with Crippen molar-refractivity contribution in [2.45, 2.75) is 71.6 Å². The predicted molar refractivity (Wildman–Crippen MR) is 123 cm³/mol. The molecule has 3 rings (SSSR count). The van der Waals surface area contributed by atoms with Gasteiger partial charge in [-0.25, -0.2) is 4.39 Å².